The highest BCUT2D eigenvalue weighted by atomic mass is 32.2. The first-order valence-corrected chi connectivity index (χ1v) is 7.40. The lowest BCUT2D eigenvalue weighted by atomic mass is 10.2. The fourth-order valence-corrected chi connectivity index (χ4v) is 4.08. The highest BCUT2D eigenvalue weighted by molar-refractivity contribution is 7.89. The van der Waals surface area contributed by atoms with Crippen LogP contribution in [0.5, 0.6) is 0 Å². The molecule has 0 amide bonds. The van der Waals surface area contributed by atoms with E-state index in [0.717, 1.165) is 18.4 Å². The molecule has 2 heterocycles. The lowest BCUT2D eigenvalue weighted by Gasteiger charge is -2.14. The number of H-pyrrole nitrogens is 1. The number of rotatable bonds is 2. The van der Waals surface area contributed by atoms with Crippen molar-refractivity contribution in [1.82, 2.24) is 9.29 Å². The number of fused-ring (bicyclic) bond motifs is 1. The van der Waals surface area contributed by atoms with Crippen LogP contribution in [-0.2, 0) is 10.0 Å². The predicted octanol–water partition coefficient (Wildman–Crippen LogP) is 1.53. The first-order valence-electron chi connectivity index (χ1n) is 5.96. The maximum absolute atomic E-state index is 12.5. The smallest absolute Gasteiger partial charge is 0.245 e. The Morgan fingerprint density at radius 2 is 1.94 bits per heavy atom. The van der Waals surface area contributed by atoms with Crippen LogP contribution in [0.15, 0.2) is 29.3 Å². The van der Waals surface area contributed by atoms with E-state index in [4.69, 9.17) is 5.73 Å². The number of hydrogen-bond acceptors (Lipinski definition) is 3. The van der Waals surface area contributed by atoms with Gasteiger partial charge >= 0.3 is 0 Å². The molecule has 1 fully saturated rings. The number of aromatic amines is 1. The standard InChI is InChI=1S/C12H15N3O2S/c13-9-3-4-10-11(7-9)14-8-12(10)18(16,17)15-5-1-2-6-15/h3-4,7-8,14H,1-2,5-6,13H2. The number of benzene rings is 1. The van der Waals surface area contributed by atoms with Gasteiger partial charge in [-0.2, -0.15) is 4.31 Å². The Kier molecular flexibility index (Phi) is 2.57. The minimum Gasteiger partial charge on any atom is -0.399 e. The van der Waals surface area contributed by atoms with E-state index in [0.29, 0.717) is 29.1 Å². The Hall–Kier alpha value is -1.53. The zero-order valence-electron chi connectivity index (χ0n) is 9.89. The van der Waals surface area contributed by atoms with Gasteiger partial charge in [0, 0.05) is 35.9 Å². The SMILES string of the molecule is Nc1ccc2c(S(=O)(=O)N3CCCC3)c[nH]c2c1. The summed E-state index contributed by atoms with van der Waals surface area (Å²) in [5, 5.41) is 0.705. The third-order valence-corrected chi connectivity index (χ3v) is 5.29. The molecule has 2 aromatic rings. The molecule has 0 spiro atoms. The molecule has 3 N–H and O–H groups in total. The van der Waals surface area contributed by atoms with Crippen LogP contribution in [0.25, 0.3) is 10.9 Å². The van der Waals surface area contributed by atoms with Gasteiger partial charge in [-0.1, -0.05) is 0 Å². The fourth-order valence-electron chi connectivity index (χ4n) is 2.40. The van der Waals surface area contributed by atoms with Crippen molar-refractivity contribution in [1.29, 1.82) is 0 Å². The van der Waals surface area contributed by atoms with Gasteiger partial charge in [0.1, 0.15) is 4.90 Å². The predicted molar refractivity (Wildman–Crippen MR) is 70.7 cm³/mol. The van der Waals surface area contributed by atoms with Gasteiger partial charge < -0.3 is 10.7 Å². The van der Waals surface area contributed by atoms with Crippen LogP contribution in [0, 0.1) is 0 Å². The molecule has 96 valence electrons. The number of aromatic nitrogens is 1. The highest BCUT2D eigenvalue weighted by Crippen LogP contribution is 2.28. The van der Waals surface area contributed by atoms with E-state index < -0.39 is 10.0 Å². The zero-order valence-corrected chi connectivity index (χ0v) is 10.7. The zero-order chi connectivity index (χ0) is 12.8. The molecule has 1 aromatic heterocycles. The Bertz CT molecular complexity index is 684. The molecule has 1 aliphatic rings. The molecule has 0 bridgehead atoms. The van der Waals surface area contributed by atoms with Gasteiger partial charge in [0.15, 0.2) is 0 Å². The van der Waals surface area contributed by atoms with Crippen LogP contribution >= 0.6 is 0 Å². The first kappa shape index (κ1) is 11.6. The molecular weight excluding hydrogens is 250 g/mol. The molecule has 1 aliphatic heterocycles. The van der Waals surface area contributed by atoms with E-state index in [1.165, 1.54) is 0 Å². The van der Waals surface area contributed by atoms with Crippen molar-refractivity contribution in [3.05, 3.63) is 24.4 Å². The molecule has 6 heteroatoms. The second-order valence-corrected chi connectivity index (χ2v) is 6.48. The Balaban J connectivity index is 2.14. The van der Waals surface area contributed by atoms with Crippen LogP contribution in [0.2, 0.25) is 0 Å². The molecule has 0 unspecified atom stereocenters. The molecule has 0 radical (unpaired) electrons. The van der Waals surface area contributed by atoms with E-state index in [9.17, 15) is 8.42 Å². The van der Waals surface area contributed by atoms with Crippen LogP contribution in [0.4, 0.5) is 5.69 Å². The maximum Gasteiger partial charge on any atom is 0.245 e. The van der Waals surface area contributed by atoms with Gasteiger partial charge in [-0.05, 0) is 31.0 Å². The summed E-state index contributed by atoms with van der Waals surface area (Å²) in [6, 6.07) is 5.22. The fraction of sp³-hybridized carbons (Fsp3) is 0.333. The average molecular weight is 265 g/mol. The van der Waals surface area contributed by atoms with Crippen molar-refractivity contribution in [2.75, 3.05) is 18.8 Å². The number of nitrogen functional groups attached to an aromatic ring is 1. The summed E-state index contributed by atoms with van der Waals surface area (Å²) >= 11 is 0. The van der Waals surface area contributed by atoms with E-state index in [2.05, 4.69) is 4.98 Å². The topological polar surface area (TPSA) is 79.2 Å². The summed E-state index contributed by atoms with van der Waals surface area (Å²) in [6.07, 6.45) is 3.43. The summed E-state index contributed by atoms with van der Waals surface area (Å²) in [7, 11) is -3.37. The lowest BCUT2D eigenvalue weighted by molar-refractivity contribution is 0.478. The van der Waals surface area contributed by atoms with Gasteiger partial charge in [-0.15, -0.1) is 0 Å². The average Bonchev–Trinajstić information content (AvgIpc) is 2.97. The molecule has 0 saturated carbocycles. The first-order chi connectivity index (χ1) is 8.59. The number of hydrogen-bond donors (Lipinski definition) is 2. The lowest BCUT2D eigenvalue weighted by Crippen LogP contribution is -2.27. The largest absolute Gasteiger partial charge is 0.399 e. The molecule has 3 rings (SSSR count). The second-order valence-electron chi connectivity index (χ2n) is 4.57. The van der Waals surface area contributed by atoms with Crippen LogP contribution < -0.4 is 5.73 Å². The quantitative estimate of drug-likeness (QED) is 0.808. The Morgan fingerprint density at radius 3 is 2.67 bits per heavy atom. The third kappa shape index (κ3) is 1.69. The molecule has 1 saturated heterocycles. The van der Waals surface area contributed by atoms with Crippen LogP contribution in [0.1, 0.15) is 12.8 Å². The van der Waals surface area contributed by atoms with Crippen LogP contribution in [0.3, 0.4) is 0 Å². The summed E-state index contributed by atoms with van der Waals surface area (Å²) in [4.78, 5) is 3.32. The Labute approximate surface area is 106 Å². The van der Waals surface area contributed by atoms with Crippen molar-refractivity contribution < 1.29 is 8.42 Å². The van der Waals surface area contributed by atoms with Gasteiger partial charge in [0.05, 0.1) is 0 Å². The third-order valence-electron chi connectivity index (χ3n) is 3.35. The summed E-state index contributed by atoms with van der Waals surface area (Å²) in [5.74, 6) is 0. The number of nitrogens with one attached hydrogen (secondary N) is 1. The second kappa shape index (κ2) is 4.00. The number of nitrogens with two attached hydrogens (primary N) is 1. The van der Waals surface area contributed by atoms with Crippen molar-refractivity contribution >= 4 is 26.6 Å². The van der Waals surface area contributed by atoms with Crippen molar-refractivity contribution in [3.63, 3.8) is 0 Å². The van der Waals surface area contributed by atoms with Gasteiger partial charge in [-0.25, -0.2) is 8.42 Å². The Morgan fingerprint density at radius 1 is 1.22 bits per heavy atom. The van der Waals surface area contributed by atoms with Crippen molar-refractivity contribution in [2.24, 2.45) is 0 Å². The van der Waals surface area contributed by atoms with Crippen LogP contribution in [-0.4, -0.2) is 30.8 Å². The van der Waals surface area contributed by atoms with Gasteiger partial charge in [0.25, 0.3) is 0 Å². The van der Waals surface area contributed by atoms with Gasteiger partial charge in [0.2, 0.25) is 10.0 Å². The number of nitrogens with zero attached hydrogens (tertiary/aromatic N) is 1. The molecule has 0 aliphatic carbocycles. The van der Waals surface area contributed by atoms with E-state index >= 15 is 0 Å². The van der Waals surface area contributed by atoms with E-state index in [1.54, 1.807) is 28.7 Å². The molecule has 0 atom stereocenters. The maximum atomic E-state index is 12.5. The van der Waals surface area contributed by atoms with Gasteiger partial charge in [-0.3, -0.25) is 0 Å². The summed E-state index contributed by atoms with van der Waals surface area (Å²) in [6.45, 7) is 1.23. The summed E-state index contributed by atoms with van der Waals surface area (Å²) in [5.41, 5.74) is 7.06. The number of anilines is 1. The molecule has 18 heavy (non-hydrogen) atoms. The van der Waals surface area contributed by atoms with E-state index in [-0.39, 0.29) is 0 Å². The van der Waals surface area contributed by atoms with Crippen molar-refractivity contribution in [3.8, 4) is 0 Å². The minimum atomic E-state index is -3.37. The normalized spacial score (nSPS) is 17.6. The summed E-state index contributed by atoms with van der Waals surface area (Å²) < 4.78 is 26.5. The minimum absolute atomic E-state index is 0.347. The van der Waals surface area contributed by atoms with Crippen molar-refractivity contribution in [2.45, 2.75) is 17.7 Å². The highest BCUT2D eigenvalue weighted by Gasteiger charge is 2.29. The molecule has 5 nitrogen and oxygen atoms in total. The monoisotopic (exact) mass is 265 g/mol. The van der Waals surface area contributed by atoms with E-state index in [1.807, 2.05) is 0 Å². The molecular formula is C12H15N3O2S. The molecule has 1 aromatic carbocycles. The number of sulfonamides is 1.